The van der Waals surface area contributed by atoms with E-state index in [9.17, 15) is 18.0 Å². The van der Waals surface area contributed by atoms with Crippen LogP contribution in [0.1, 0.15) is 5.56 Å². The molecular formula is C16H13BrN2O5S3. The number of anilines is 1. The summed E-state index contributed by atoms with van der Waals surface area (Å²) in [5, 5.41) is 0. The van der Waals surface area contributed by atoms with Gasteiger partial charge in [-0.25, -0.2) is 0 Å². The molecule has 0 atom stereocenters. The van der Waals surface area contributed by atoms with Gasteiger partial charge in [0.1, 0.15) is 4.32 Å². The van der Waals surface area contributed by atoms with Crippen LogP contribution in [0.3, 0.4) is 0 Å². The first-order valence-electron chi connectivity index (χ1n) is 7.60. The minimum atomic E-state index is -4.25. The number of fused-ring (bicyclic) bond motifs is 1. The SMILES string of the molecule is C=CCN1C(=O)/C(=C2/SC(=S)N(CCS(=O)(=O)O)C2=O)c2cc(Br)ccc21. The number of carbonyl (C=O) groups excluding carboxylic acids is 2. The fourth-order valence-corrected chi connectivity index (χ4v) is 4.94. The van der Waals surface area contributed by atoms with E-state index in [1.54, 1.807) is 24.3 Å². The predicted octanol–water partition coefficient (Wildman–Crippen LogP) is 2.44. The maximum Gasteiger partial charge on any atom is 0.267 e. The molecule has 2 aliphatic heterocycles. The molecule has 0 radical (unpaired) electrons. The lowest BCUT2D eigenvalue weighted by Crippen LogP contribution is -2.33. The molecule has 1 saturated heterocycles. The molecule has 7 nitrogen and oxygen atoms in total. The fraction of sp³-hybridized carbons (Fsp3) is 0.188. The Bertz CT molecular complexity index is 1020. The summed E-state index contributed by atoms with van der Waals surface area (Å²) < 4.78 is 31.8. The van der Waals surface area contributed by atoms with Gasteiger partial charge in [-0.15, -0.1) is 6.58 Å². The Balaban J connectivity index is 2.06. The van der Waals surface area contributed by atoms with Crippen LogP contribution in [-0.4, -0.2) is 52.8 Å². The standard InChI is InChI=1S/C16H13BrN2O5S3/c1-2-5-18-11-4-3-9(17)8-10(11)12(14(18)20)13-15(21)19(16(25)26-13)6-7-27(22,23)24/h2-4,8H,1,5-7H2,(H,22,23,24)/b13-12+. The van der Waals surface area contributed by atoms with Crippen LogP contribution in [0.4, 0.5) is 5.69 Å². The van der Waals surface area contributed by atoms with Crippen molar-refractivity contribution in [3.8, 4) is 0 Å². The highest BCUT2D eigenvalue weighted by molar-refractivity contribution is 9.10. The third kappa shape index (κ3) is 3.87. The number of nitrogens with zero attached hydrogens (tertiary/aromatic N) is 2. The van der Waals surface area contributed by atoms with Gasteiger partial charge in [-0.3, -0.25) is 19.0 Å². The second-order valence-electron chi connectivity index (χ2n) is 5.68. The smallest absolute Gasteiger partial charge is 0.267 e. The van der Waals surface area contributed by atoms with E-state index in [0.717, 1.165) is 21.1 Å². The Morgan fingerprint density at radius 2 is 1.96 bits per heavy atom. The normalized spacial score (nSPS) is 19.9. The van der Waals surface area contributed by atoms with Crippen molar-refractivity contribution in [2.75, 3.05) is 23.7 Å². The highest BCUT2D eigenvalue weighted by Crippen LogP contribution is 2.45. The molecule has 27 heavy (non-hydrogen) atoms. The van der Waals surface area contributed by atoms with Gasteiger partial charge >= 0.3 is 0 Å². The summed E-state index contributed by atoms with van der Waals surface area (Å²) in [5.74, 6) is -1.54. The van der Waals surface area contributed by atoms with Gasteiger partial charge in [-0.05, 0) is 18.2 Å². The van der Waals surface area contributed by atoms with Crippen LogP contribution in [0, 0.1) is 0 Å². The van der Waals surface area contributed by atoms with E-state index in [4.69, 9.17) is 16.8 Å². The molecule has 2 amide bonds. The zero-order valence-corrected chi connectivity index (χ0v) is 17.8. The molecule has 2 heterocycles. The monoisotopic (exact) mass is 488 g/mol. The molecule has 3 rings (SSSR count). The number of thiocarbonyl (C=S) groups is 1. The summed E-state index contributed by atoms with van der Waals surface area (Å²) in [6.45, 7) is 3.65. The van der Waals surface area contributed by atoms with Gasteiger partial charge < -0.3 is 4.90 Å². The highest BCUT2D eigenvalue weighted by atomic mass is 79.9. The summed E-state index contributed by atoms with van der Waals surface area (Å²) in [7, 11) is -4.25. The average molecular weight is 489 g/mol. The minimum Gasteiger partial charge on any atom is -0.304 e. The second kappa shape index (κ2) is 7.47. The Kier molecular flexibility index (Phi) is 5.59. The number of carbonyl (C=O) groups is 2. The van der Waals surface area contributed by atoms with Crippen molar-refractivity contribution >= 4 is 77.4 Å². The molecule has 1 aromatic rings. The molecule has 1 fully saturated rings. The van der Waals surface area contributed by atoms with E-state index in [-0.39, 0.29) is 33.8 Å². The summed E-state index contributed by atoms with van der Waals surface area (Å²) in [6.07, 6.45) is 1.59. The first kappa shape index (κ1) is 20.2. The van der Waals surface area contributed by atoms with E-state index < -0.39 is 21.8 Å². The largest absolute Gasteiger partial charge is 0.304 e. The Labute approximate surface area is 174 Å². The Hall–Kier alpha value is -1.53. The molecular weight excluding hydrogens is 476 g/mol. The number of thioether (sulfide) groups is 1. The topological polar surface area (TPSA) is 95.0 Å². The number of halogens is 1. The van der Waals surface area contributed by atoms with Crippen molar-refractivity contribution < 1.29 is 22.6 Å². The number of benzene rings is 1. The molecule has 0 bridgehead atoms. The fourth-order valence-electron chi connectivity index (χ4n) is 2.78. The van der Waals surface area contributed by atoms with Gasteiger partial charge in [0.25, 0.3) is 21.9 Å². The third-order valence-corrected chi connectivity index (χ3v) is 6.58. The number of amides is 2. The summed E-state index contributed by atoms with van der Waals surface area (Å²) in [6, 6.07) is 5.31. The number of hydrogen-bond acceptors (Lipinski definition) is 6. The van der Waals surface area contributed by atoms with Crippen molar-refractivity contribution in [3.05, 3.63) is 45.8 Å². The van der Waals surface area contributed by atoms with Crippen LogP contribution in [-0.2, 0) is 19.7 Å². The number of rotatable bonds is 5. The van der Waals surface area contributed by atoms with Crippen molar-refractivity contribution in [3.63, 3.8) is 0 Å². The predicted molar refractivity (Wildman–Crippen MR) is 112 cm³/mol. The van der Waals surface area contributed by atoms with Crippen molar-refractivity contribution in [2.24, 2.45) is 0 Å². The molecule has 1 N–H and O–H groups in total. The molecule has 0 saturated carbocycles. The molecule has 1 aromatic carbocycles. The average Bonchev–Trinajstić information content (AvgIpc) is 2.99. The molecule has 0 unspecified atom stereocenters. The Morgan fingerprint density at radius 1 is 1.26 bits per heavy atom. The summed E-state index contributed by atoms with van der Waals surface area (Å²) >= 11 is 9.48. The molecule has 2 aliphatic rings. The second-order valence-corrected chi connectivity index (χ2v) is 9.81. The van der Waals surface area contributed by atoms with Gasteiger partial charge in [0, 0.05) is 23.1 Å². The van der Waals surface area contributed by atoms with E-state index in [2.05, 4.69) is 22.5 Å². The molecule has 0 spiro atoms. The molecule has 11 heteroatoms. The maximum absolute atomic E-state index is 13.0. The summed E-state index contributed by atoms with van der Waals surface area (Å²) in [5.41, 5.74) is 1.47. The lowest BCUT2D eigenvalue weighted by Gasteiger charge is -2.14. The maximum atomic E-state index is 13.0. The van der Waals surface area contributed by atoms with Crippen LogP contribution in [0.25, 0.3) is 5.57 Å². The van der Waals surface area contributed by atoms with Gasteiger partial charge in [-0.2, -0.15) is 8.42 Å². The van der Waals surface area contributed by atoms with Crippen molar-refractivity contribution in [1.82, 2.24) is 4.90 Å². The highest BCUT2D eigenvalue weighted by Gasteiger charge is 2.42. The molecule has 0 aliphatic carbocycles. The molecule has 0 aromatic heterocycles. The van der Waals surface area contributed by atoms with Crippen LogP contribution >= 0.6 is 39.9 Å². The zero-order chi connectivity index (χ0) is 19.9. The van der Waals surface area contributed by atoms with E-state index in [1.807, 2.05) is 0 Å². The van der Waals surface area contributed by atoms with E-state index in [0.29, 0.717) is 11.3 Å². The van der Waals surface area contributed by atoms with E-state index >= 15 is 0 Å². The van der Waals surface area contributed by atoms with Crippen LogP contribution in [0.5, 0.6) is 0 Å². The van der Waals surface area contributed by atoms with E-state index in [1.165, 1.54) is 4.90 Å². The zero-order valence-electron chi connectivity index (χ0n) is 13.7. The van der Waals surface area contributed by atoms with Gasteiger partial charge in [0.05, 0.1) is 21.9 Å². The van der Waals surface area contributed by atoms with Crippen molar-refractivity contribution in [2.45, 2.75) is 0 Å². The number of hydrogen-bond donors (Lipinski definition) is 1. The van der Waals surface area contributed by atoms with Gasteiger partial charge in [0.15, 0.2) is 0 Å². The summed E-state index contributed by atoms with van der Waals surface area (Å²) in [4.78, 5) is 28.5. The lowest BCUT2D eigenvalue weighted by atomic mass is 10.1. The van der Waals surface area contributed by atoms with Crippen LogP contribution in [0.2, 0.25) is 0 Å². The van der Waals surface area contributed by atoms with Gasteiger partial charge in [0.2, 0.25) is 0 Å². The quantitative estimate of drug-likeness (QED) is 0.294. The lowest BCUT2D eigenvalue weighted by molar-refractivity contribution is -0.122. The van der Waals surface area contributed by atoms with Gasteiger partial charge in [-0.1, -0.05) is 46.0 Å². The minimum absolute atomic E-state index is 0.137. The van der Waals surface area contributed by atoms with Crippen LogP contribution < -0.4 is 4.90 Å². The van der Waals surface area contributed by atoms with Crippen LogP contribution in [0.15, 0.2) is 40.2 Å². The third-order valence-electron chi connectivity index (χ3n) is 3.94. The van der Waals surface area contributed by atoms with Crippen molar-refractivity contribution in [1.29, 1.82) is 0 Å². The first-order valence-corrected chi connectivity index (χ1v) is 11.2. The first-order chi connectivity index (χ1) is 12.6. The Morgan fingerprint density at radius 3 is 2.59 bits per heavy atom. The molecule has 142 valence electrons.